The van der Waals surface area contributed by atoms with Crippen molar-refractivity contribution in [2.45, 2.75) is 115 Å². The molecule has 0 saturated heterocycles. The van der Waals surface area contributed by atoms with Crippen LogP contribution in [0.3, 0.4) is 0 Å². The molecule has 10 nitrogen and oxygen atoms in total. The van der Waals surface area contributed by atoms with Gasteiger partial charge in [0.05, 0.1) is 19.6 Å². The minimum absolute atomic E-state index is 0.0896. The van der Waals surface area contributed by atoms with Gasteiger partial charge in [-0.3, -0.25) is 9.00 Å². The molecule has 0 aromatic heterocycles. The Bertz CT molecular complexity index is 1080. The number of unbranched alkanes of at least 4 members (excludes halogenated alkanes) is 9. The zero-order valence-electron chi connectivity index (χ0n) is 29.0. The Morgan fingerprint density at radius 1 is 0.894 bits per heavy atom. The van der Waals surface area contributed by atoms with Crippen molar-refractivity contribution in [3.8, 4) is 5.75 Å². The van der Waals surface area contributed by atoms with Gasteiger partial charge in [-0.05, 0) is 49.8 Å². The third-order valence-corrected chi connectivity index (χ3v) is 9.57. The zero-order chi connectivity index (χ0) is 34.9. The highest BCUT2D eigenvalue weighted by Crippen LogP contribution is 2.26. The number of hydrogen-bond acceptors (Lipinski definition) is 8. The van der Waals surface area contributed by atoms with Crippen LogP contribution in [-0.4, -0.2) is 82.8 Å². The van der Waals surface area contributed by atoms with Gasteiger partial charge in [-0.1, -0.05) is 83.1 Å². The predicted octanol–water partition coefficient (Wildman–Crippen LogP) is 5.76. The molecule has 0 radical (unpaired) electrons. The highest BCUT2D eigenvalue weighted by atomic mass is 32.2. The quantitative estimate of drug-likeness (QED) is 0.0570. The van der Waals surface area contributed by atoms with Crippen LogP contribution >= 0.6 is 0 Å². The molecule has 0 aliphatic heterocycles. The fourth-order valence-corrected chi connectivity index (χ4v) is 6.34. The van der Waals surface area contributed by atoms with Gasteiger partial charge < -0.3 is 29.7 Å². The largest absolute Gasteiger partial charge is 0.494 e. The predicted molar refractivity (Wildman–Crippen MR) is 186 cm³/mol. The molecule has 0 saturated carbocycles. The van der Waals surface area contributed by atoms with Crippen LogP contribution < -0.4 is 10.1 Å². The molecular formula is C36H59NO9S. The number of carboxylic acid groups (broad SMARTS) is 1. The number of ether oxygens (including phenoxy) is 3. The van der Waals surface area contributed by atoms with E-state index in [1.807, 2.05) is 0 Å². The maximum Gasteiger partial charge on any atom is 0.336 e. The number of rotatable bonds is 28. The van der Waals surface area contributed by atoms with Gasteiger partial charge in [0, 0.05) is 48.9 Å². The Labute approximate surface area is 284 Å². The number of methoxy groups -OCH3 is 2. The SMILES string of the molecule is CCCCCCCS(=O)CCCCCC/C=C/[C@H](C(=O)N[C@@H](Cc1ccc(OCCCC)cc1)C(=O)OC)[C@@](O)(CCOC)C(=O)O. The summed E-state index contributed by atoms with van der Waals surface area (Å²) in [6, 6.07) is 6.04. The van der Waals surface area contributed by atoms with Gasteiger partial charge in [0.15, 0.2) is 5.60 Å². The second-order valence-electron chi connectivity index (χ2n) is 12.0. The first-order valence-corrected chi connectivity index (χ1v) is 18.7. The van der Waals surface area contributed by atoms with Crippen LogP contribution in [-0.2, 0) is 41.1 Å². The summed E-state index contributed by atoms with van der Waals surface area (Å²) in [6.45, 7) is 4.77. The van der Waals surface area contributed by atoms with E-state index in [0.717, 1.165) is 62.7 Å². The second-order valence-corrected chi connectivity index (χ2v) is 13.7. The van der Waals surface area contributed by atoms with Crippen LogP contribution in [0.4, 0.5) is 0 Å². The van der Waals surface area contributed by atoms with Crippen LogP contribution in [0.5, 0.6) is 5.75 Å². The molecule has 0 spiro atoms. The number of allylic oxidation sites excluding steroid dienone is 1. The smallest absolute Gasteiger partial charge is 0.336 e. The molecule has 1 amide bonds. The minimum Gasteiger partial charge on any atom is -0.494 e. The maximum atomic E-state index is 13.6. The summed E-state index contributed by atoms with van der Waals surface area (Å²) < 4.78 is 27.9. The summed E-state index contributed by atoms with van der Waals surface area (Å²) in [5.41, 5.74) is -1.73. The van der Waals surface area contributed by atoms with Crippen molar-refractivity contribution in [3.05, 3.63) is 42.0 Å². The number of nitrogens with one attached hydrogen (secondary N) is 1. The first-order valence-electron chi connectivity index (χ1n) is 17.2. The van der Waals surface area contributed by atoms with E-state index in [4.69, 9.17) is 14.2 Å². The highest BCUT2D eigenvalue weighted by molar-refractivity contribution is 7.84. The van der Waals surface area contributed by atoms with Crippen LogP contribution in [0.25, 0.3) is 0 Å². The molecule has 268 valence electrons. The summed E-state index contributed by atoms with van der Waals surface area (Å²) in [5.74, 6) is -2.40. The van der Waals surface area contributed by atoms with Crippen LogP contribution in [0.1, 0.15) is 103 Å². The number of carboxylic acids is 1. The van der Waals surface area contributed by atoms with Crippen molar-refractivity contribution < 1.29 is 43.0 Å². The monoisotopic (exact) mass is 681 g/mol. The van der Waals surface area contributed by atoms with Gasteiger partial charge in [-0.25, -0.2) is 9.59 Å². The number of esters is 1. The summed E-state index contributed by atoms with van der Waals surface area (Å²) in [6.07, 6.45) is 14.7. The van der Waals surface area contributed by atoms with Crippen molar-refractivity contribution in [1.29, 1.82) is 0 Å². The minimum atomic E-state index is -2.46. The summed E-state index contributed by atoms with van der Waals surface area (Å²) >= 11 is 0. The van der Waals surface area contributed by atoms with Crippen molar-refractivity contribution in [3.63, 3.8) is 0 Å². The molecular weight excluding hydrogens is 622 g/mol. The number of hydrogen-bond donors (Lipinski definition) is 3. The van der Waals surface area contributed by atoms with E-state index in [9.17, 15) is 28.8 Å². The molecule has 1 aromatic rings. The lowest BCUT2D eigenvalue weighted by atomic mass is 9.83. The van der Waals surface area contributed by atoms with Crippen LogP contribution in [0.15, 0.2) is 36.4 Å². The maximum absolute atomic E-state index is 13.6. The molecule has 47 heavy (non-hydrogen) atoms. The Hall–Kier alpha value is -2.76. The molecule has 0 fully saturated rings. The lowest BCUT2D eigenvalue weighted by Crippen LogP contribution is -2.55. The van der Waals surface area contributed by atoms with Gasteiger partial charge in [-0.2, -0.15) is 0 Å². The molecule has 1 unspecified atom stereocenters. The lowest BCUT2D eigenvalue weighted by molar-refractivity contribution is -0.169. The van der Waals surface area contributed by atoms with Gasteiger partial charge in [0.25, 0.3) is 0 Å². The number of carbonyl (C=O) groups is 3. The Morgan fingerprint density at radius 3 is 2.09 bits per heavy atom. The molecule has 0 heterocycles. The molecule has 11 heteroatoms. The average Bonchev–Trinajstić information content (AvgIpc) is 3.06. The van der Waals surface area contributed by atoms with Gasteiger partial charge in [-0.15, -0.1) is 0 Å². The topological polar surface area (TPSA) is 148 Å². The normalized spacial score (nSPS) is 14.7. The first-order chi connectivity index (χ1) is 22.6. The number of aliphatic hydroxyl groups is 1. The van der Waals surface area contributed by atoms with Crippen molar-refractivity contribution >= 4 is 28.6 Å². The molecule has 3 N–H and O–H groups in total. The van der Waals surface area contributed by atoms with Gasteiger partial charge >= 0.3 is 11.9 Å². The Balaban J connectivity index is 2.85. The van der Waals surface area contributed by atoms with E-state index in [2.05, 4.69) is 19.2 Å². The first kappa shape index (κ1) is 42.3. The summed E-state index contributed by atoms with van der Waals surface area (Å²) in [5, 5.41) is 23.9. The second kappa shape index (κ2) is 25.3. The summed E-state index contributed by atoms with van der Waals surface area (Å²) in [4.78, 5) is 38.6. The van der Waals surface area contributed by atoms with Crippen molar-refractivity contribution in [2.75, 3.05) is 38.9 Å². The van der Waals surface area contributed by atoms with E-state index >= 15 is 0 Å². The molecule has 4 atom stereocenters. The number of amides is 1. The highest BCUT2D eigenvalue weighted by Gasteiger charge is 2.47. The van der Waals surface area contributed by atoms with Gasteiger partial charge in [0.2, 0.25) is 5.91 Å². The van der Waals surface area contributed by atoms with E-state index < -0.39 is 46.2 Å². The van der Waals surface area contributed by atoms with Crippen molar-refractivity contribution in [1.82, 2.24) is 5.32 Å². The lowest BCUT2D eigenvalue weighted by Gasteiger charge is -2.30. The molecule has 1 rings (SSSR count). The third kappa shape index (κ3) is 17.3. The Morgan fingerprint density at radius 2 is 1.51 bits per heavy atom. The number of benzene rings is 1. The van der Waals surface area contributed by atoms with Crippen LogP contribution in [0, 0.1) is 5.92 Å². The van der Waals surface area contributed by atoms with Crippen molar-refractivity contribution in [2.24, 2.45) is 5.92 Å². The van der Waals surface area contributed by atoms with Crippen LogP contribution in [0.2, 0.25) is 0 Å². The van der Waals surface area contributed by atoms with E-state index in [1.54, 1.807) is 30.3 Å². The van der Waals surface area contributed by atoms with E-state index in [-0.39, 0.29) is 19.4 Å². The standard InChI is InChI=1S/C36H59NO9S/c1-5-7-9-13-16-26-47(43)27-17-14-11-10-12-15-18-31(36(42,35(40)41)23-25-44-3)33(38)37-32(34(39)45-4)28-29-19-21-30(22-20-29)46-24-8-6-2/h15,18-22,31-32,42H,5-14,16-17,23-28H2,1-4H3,(H,37,38)(H,40,41)/b18-15+/t31-,32+,36+,47?/m1/s1. The fraction of sp³-hybridized carbons (Fsp3) is 0.694. The molecule has 0 aliphatic rings. The molecule has 0 bridgehead atoms. The van der Waals surface area contributed by atoms with E-state index in [1.165, 1.54) is 39.6 Å². The van der Waals surface area contributed by atoms with E-state index in [0.29, 0.717) is 24.5 Å². The number of aliphatic carboxylic acids is 1. The number of carbonyl (C=O) groups excluding carboxylic acids is 2. The zero-order valence-corrected chi connectivity index (χ0v) is 29.8. The fourth-order valence-electron chi connectivity index (χ4n) is 5.09. The van der Waals surface area contributed by atoms with Gasteiger partial charge in [0.1, 0.15) is 11.8 Å². The Kier molecular flexibility index (Phi) is 22.7. The molecule has 0 aliphatic carbocycles. The molecule has 1 aromatic carbocycles. The third-order valence-electron chi connectivity index (χ3n) is 8.08. The average molecular weight is 682 g/mol. The summed E-state index contributed by atoms with van der Waals surface area (Å²) in [7, 11) is 1.81.